The van der Waals surface area contributed by atoms with Gasteiger partial charge in [0.05, 0.1) is 31.8 Å². The summed E-state index contributed by atoms with van der Waals surface area (Å²) in [7, 11) is 1.49. The zero-order valence-electron chi connectivity index (χ0n) is 18.2. The van der Waals surface area contributed by atoms with Crippen molar-refractivity contribution >= 4 is 24.0 Å². The third-order valence-corrected chi connectivity index (χ3v) is 6.15. The molecule has 8 heteroatoms. The van der Waals surface area contributed by atoms with E-state index in [9.17, 15) is 14.4 Å². The van der Waals surface area contributed by atoms with Crippen LogP contribution in [0, 0.1) is 23.7 Å². The van der Waals surface area contributed by atoms with Gasteiger partial charge in [-0.1, -0.05) is 18.2 Å². The van der Waals surface area contributed by atoms with Crippen molar-refractivity contribution in [2.75, 3.05) is 20.3 Å². The van der Waals surface area contributed by atoms with Crippen LogP contribution in [0.25, 0.3) is 0 Å². The number of allylic oxidation sites excluding steroid dienone is 3. The van der Waals surface area contributed by atoms with Crippen molar-refractivity contribution < 1.29 is 28.6 Å². The van der Waals surface area contributed by atoms with Crippen molar-refractivity contribution in [2.45, 2.75) is 19.8 Å². The Morgan fingerprint density at radius 3 is 2.50 bits per heavy atom. The molecule has 2 amide bonds. The Labute approximate surface area is 186 Å². The molecule has 4 unspecified atom stereocenters. The van der Waals surface area contributed by atoms with Gasteiger partial charge in [-0.3, -0.25) is 9.59 Å². The van der Waals surface area contributed by atoms with E-state index in [0.717, 1.165) is 17.0 Å². The van der Waals surface area contributed by atoms with Gasteiger partial charge in [-0.2, -0.15) is 10.1 Å². The zero-order chi connectivity index (χ0) is 22.8. The number of fused-ring (bicyclic) bond motifs is 5. The Morgan fingerprint density at radius 2 is 1.91 bits per heavy atom. The Morgan fingerprint density at radius 1 is 1.22 bits per heavy atom. The second-order valence-corrected chi connectivity index (χ2v) is 8.03. The Balaban J connectivity index is 1.56. The number of benzene rings is 1. The minimum Gasteiger partial charge on any atom is -0.493 e. The highest BCUT2D eigenvalue weighted by molar-refractivity contribution is 6.06. The summed E-state index contributed by atoms with van der Waals surface area (Å²) in [5, 5.41) is 5.23. The average molecular weight is 438 g/mol. The largest absolute Gasteiger partial charge is 0.493 e. The number of carbonyl (C=O) groups excluding carboxylic acids is 3. The van der Waals surface area contributed by atoms with E-state index in [-0.39, 0.29) is 48.7 Å². The fraction of sp³-hybridized carbons (Fsp3) is 0.417. The maximum atomic E-state index is 12.8. The van der Waals surface area contributed by atoms with Gasteiger partial charge in [-0.05, 0) is 49.3 Å². The molecule has 2 aliphatic carbocycles. The molecule has 0 spiro atoms. The number of ether oxygens (including phenoxy) is 3. The van der Waals surface area contributed by atoms with E-state index in [1.165, 1.54) is 13.3 Å². The van der Waals surface area contributed by atoms with Crippen LogP contribution >= 0.6 is 0 Å². The van der Waals surface area contributed by atoms with Crippen molar-refractivity contribution in [1.82, 2.24) is 5.01 Å². The molecular weight excluding hydrogens is 412 g/mol. The topological polar surface area (TPSA) is 94.5 Å². The number of carbonyl (C=O) groups is 3. The highest BCUT2D eigenvalue weighted by Crippen LogP contribution is 2.52. The van der Waals surface area contributed by atoms with Gasteiger partial charge in [0.1, 0.15) is 0 Å². The molecule has 1 saturated carbocycles. The first-order valence-electron chi connectivity index (χ1n) is 10.7. The van der Waals surface area contributed by atoms with Crippen molar-refractivity contribution in [1.29, 1.82) is 0 Å². The molecule has 0 radical (unpaired) electrons. The first kappa shape index (κ1) is 21.8. The highest BCUT2D eigenvalue weighted by atomic mass is 16.6. The molecule has 168 valence electrons. The SMILES string of the molecule is C=CCc1cc(C=NN2C(=O)C3C4C=CC(C4)C3C2=O)cc(OC)c1OCC(=O)OCC. The van der Waals surface area contributed by atoms with Crippen molar-refractivity contribution in [2.24, 2.45) is 28.8 Å². The summed E-state index contributed by atoms with van der Waals surface area (Å²) in [6.45, 7) is 5.50. The number of imide groups is 1. The second-order valence-electron chi connectivity index (χ2n) is 8.03. The van der Waals surface area contributed by atoms with Crippen molar-refractivity contribution in [3.05, 3.63) is 48.1 Å². The van der Waals surface area contributed by atoms with Gasteiger partial charge < -0.3 is 14.2 Å². The summed E-state index contributed by atoms with van der Waals surface area (Å²) in [5.74, 6) is -0.463. The fourth-order valence-electron chi connectivity index (χ4n) is 4.84. The molecule has 1 heterocycles. The third-order valence-electron chi connectivity index (χ3n) is 6.15. The molecular formula is C24H26N2O6. The fourth-order valence-corrected chi connectivity index (χ4v) is 4.84. The molecule has 0 aromatic heterocycles. The lowest BCUT2D eigenvalue weighted by atomic mass is 9.85. The van der Waals surface area contributed by atoms with Crippen LogP contribution < -0.4 is 9.47 Å². The number of hydrogen-bond donors (Lipinski definition) is 0. The first-order chi connectivity index (χ1) is 15.5. The Kier molecular flexibility index (Phi) is 6.12. The summed E-state index contributed by atoms with van der Waals surface area (Å²) >= 11 is 0. The minimum atomic E-state index is -0.482. The summed E-state index contributed by atoms with van der Waals surface area (Å²) in [5.41, 5.74) is 1.35. The molecule has 2 fully saturated rings. The number of esters is 1. The van der Waals surface area contributed by atoms with Gasteiger partial charge >= 0.3 is 5.97 Å². The summed E-state index contributed by atoms with van der Waals surface area (Å²) in [4.78, 5) is 37.3. The number of hydrogen-bond acceptors (Lipinski definition) is 7. The van der Waals surface area contributed by atoms with E-state index >= 15 is 0 Å². The standard InChI is InChI=1S/C24H26N2O6/c1-4-6-17-9-14(10-18(30-3)22(17)32-13-19(27)31-5-2)12-25-26-23(28)20-15-7-8-16(11-15)21(20)24(26)29/h4,7-10,12,15-16,20-21H,1,5-6,11,13H2,2-3H3. The minimum absolute atomic E-state index is 0.136. The van der Waals surface area contributed by atoms with Crippen LogP contribution in [0.1, 0.15) is 24.5 Å². The van der Waals surface area contributed by atoms with Crippen LogP contribution in [0.3, 0.4) is 0 Å². The monoisotopic (exact) mass is 438 g/mol. The summed E-state index contributed by atoms with van der Waals surface area (Å²) in [6, 6.07) is 3.47. The van der Waals surface area contributed by atoms with Gasteiger partial charge in [-0.25, -0.2) is 4.79 Å². The van der Waals surface area contributed by atoms with E-state index in [4.69, 9.17) is 14.2 Å². The molecule has 2 bridgehead atoms. The van der Waals surface area contributed by atoms with E-state index < -0.39 is 5.97 Å². The highest BCUT2D eigenvalue weighted by Gasteiger charge is 2.59. The van der Waals surface area contributed by atoms with Crippen LogP contribution in [0.15, 0.2) is 42.0 Å². The molecule has 4 atom stereocenters. The van der Waals surface area contributed by atoms with Crippen LogP contribution in [-0.2, 0) is 25.5 Å². The molecule has 4 rings (SSSR count). The van der Waals surface area contributed by atoms with Crippen molar-refractivity contribution in [3.8, 4) is 11.5 Å². The first-order valence-corrected chi connectivity index (χ1v) is 10.7. The quantitative estimate of drug-likeness (QED) is 0.255. The lowest BCUT2D eigenvalue weighted by Crippen LogP contribution is -2.28. The van der Waals surface area contributed by atoms with E-state index in [2.05, 4.69) is 11.7 Å². The van der Waals surface area contributed by atoms with Gasteiger partial charge in [0.25, 0.3) is 11.8 Å². The zero-order valence-corrected chi connectivity index (χ0v) is 18.2. The van der Waals surface area contributed by atoms with Crippen LogP contribution in [-0.4, -0.2) is 49.3 Å². The molecule has 1 aromatic carbocycles. The van der Waals surface area contributed by atoms with Gasteiger partial charge in [0.15, 0.2) is 18.1 Å². The molecule has 1 aromatic rings. The van der Waals surface area contributed by atoms with Crippen LogP contribution in [0.4, 0.5) is 0 Å². The predicted molar refractivity (Wildman–Crippen MR) is 116 cm³/mol. The van der Waals surface area contributed by atoms with E-state index in [1.807, 2.05) is 12.2 Å². The summed E-state index contributed by atoms with van der Waals surface area (Å²) in [6.07, 6.45) is 8.59. The predicted octanol–water partition coefficient (Wildman–Crippen LogP) is 2.51. The number of rotatable bonds is 9. The maximum absolute atomic E-state index is 12.8. The lowest BCUT2D eigenvalue weighted by Gasteiger charge is -2.15. The van der Waals surface area contributed by atoms with Crippen LogP contribution in [0.5, 0.6) is 11.5 Å². The lowest BCUT2D eigenvalue weighted by molar-refractivity contribution is -0.145. The third kappa shape index (κ3) is 3.81. The van der Waals surface area contributed by atoms with Gasteiger partial charge in [0, 0.05) is 5.56 Å². The second kappa shape index (κ2) is 8.98. The normalized spacial score (nSPS) is 25.5. The molecule has 1 saturated heterocycles. The molecule has 0 N–H and O–H groups in total. The maximum Gasteiger partial charge on any atom is 0.344 e. The number of nitrogens with zero attached hydrogens (tertiary/aromatic N) is 2. The molecule has 3 aliphatic rings. The smallest absolute Gasteiger partial charge is 0.344 e. The summed E-state index contributed by atoms with van der Waals surface area (Å²) < 4.78 is 16.0. The molecule has 1 aliphatic heterocycles. The van der Waals surface area contributed by atoms with Gasteiger partial charge in [0.2, 0.25) is 0 Å². The molecule has 32 heavy (non-hydrogen) atoms. The average Bonchev–Trinajstić information content (AvgIpc) is 3.46. The van der Waals surface area contributed by atoms with Gasteiger partial charge in [-0.15, -0.1) is 6.58 Å². The molecule has 8 nitrogen and oxygen atoms in total. The van der Waals surface area contributed by atoms with Crippen LogP contribution in [0.2, 0.25) is 0 Å². The van der Waals surface area contributed by atoms with E-state index in [0.29, 0.717) is 23.5 Å². The Hall–Kier alpha value is -3.42. The number of hydrazone groups is 1. The van der Waals surface area contributed by atoms with E-state index in [1.54, 1.807) is 25.1 Å². The van der Waals surface area contributed by atoms with Crippen molar-refractivity contribution in [3.63, 3.8) is 0 Å². The Bertz CT molecular complexity index is 984. The number of methoxy groups -OCH3 is 1. The number of amides is 2.